The monoisotopic (exact) mass is 480 g/mol. The van der Waals surface area contributed by atoms with E-state index in [0.717, 1.165) is 5.56 Å². The van der Waals surface area contributed by atoms with Gasteiger partial charge in [-0.1, -0.05) is 36.8 Å². The third kappa shape index (κ3) is 6.60. The number of halogens is 1. The minimum Gasteiger partial charge on any atom is -0.395 e. The summed E-state index contributed by atoms with van der Waals surface area (Å²) in [5, 5.41) is 9.71. The largest absolute Gasteiger partial charge is 0.395 e. The van der Waals surface area contributed by atoms with Crippen molar-refractivity contribution in [3.05, 3.63) is 65.5 Å². The third-order valence-corrected chi connectivity index (χ3v) is 7.69. The van der Waals surface area contributed by atoms with Gasteiger partial charge in [-0.25, -0.2) is 12.8 Å². The summed E-state index contributed by atoms with van der Waals surface area (Å²) in [6, 6.07) is 11.6. The van der Waals surface area contributed by atoms with Gasteiger partial charge in [0, 0.05) is 33.3 Å². The van der Waals surface area contributed by atoms with Gasteiger partial charge in [-0.05, 0) is 44.0 Å². The Kier molecular flexibility index (Phi) is 9.54. The van der Waals surface area contributed by atoms with Gasteiger partial charge in [-0.3, -0.25) is 4.79 Å². The Hall–Kier alpha value is -2.33. The van der Waals surface area contributed by atoms with Crippen LogP contribution in [0.3, 0.4) is 0 Å². The highest BCUT2D eigenvalue weighted by atomic mass is 32.2. The first-order valence-corrected chi connectivity index (χ1v) is 12.2. The molecule has 0 saturated heterocycles. The highest BCUT2D eigenvalue weighted by Crippen LogP contribution is 2.22. The molecule has 0 spiro atoms. The molecule has 1 N–H and O–H groups in total. The molecule has 0 saturated carbocycles. The molecule has 0 fully saturated rings. The number of hydrogen-bond donors (Lipinski definition) is 1. The minimum atomic E-state index is -3.87. The number of benzene rings is 2. The molecule has 0 aliphatic rings. The van der Waals surface area contributed by atoms with Gasteiger partial charge in [0.15, 0.2) is 0 Å². The summed E-state index contributed by atoms with van der Waals surface area (Å²) in [5.74, 6) is -1.43. The first kappa shape index (κ1) is 26.9. The topological polar surface area (TPSA) is 87.2 Å². The molecule has 1 amide bonds. The minimum absolute atomic E-state index is 0.0417. The number of aryl methyl sites for hydroxylation is 1. The van der Waals surface area contributed by atoms with E-state index in [2.05, 4.69) is 0 Å². The van der Waals surface area contributed by atoms with Crippen molar-refractivity contribution in [3.63, 3.8) is 0 Å². The molecule has 3 atom stereocenters. The number of carbonyl (C=O) groups is 1. The van der Waals surface area contributed by atoms with E-state index in [1.165, 1.54) is 34.5 Å². The summed E-state index contributed by atoms with van der Waals surface area (Å²) < 4.78 is 47.5. The molecule has 0 radical (unpaired) electrons. The number of amides is 1. The number of ether oxygens (including phenoxy) is 1. The van der Waals surface area contributed by atoms with Gasteiger partial charge in [-0.15, -0.1) is 0 Å². The lowest BCUT2D eigenvalue weighted by atomic mass is 10.0. The average Bonchev–Trinajstić information content (AvgIpc) is 2.80. The van der Waals surface area contributed by atoms with Crippen LogP contribution in [0.15, 0.2) is 53.4 Å². The number of rotatable bonds is 11. The summed E-state index contributed by atoms with van der Waals surface area (Å²) in [6.45, 7) is 5.18. The van der Waals surface area contributed by atoms with Crippen molar-refractivity contribution in [2.45, 2.75) is 37.8 Å². The van der Waals surface area contributed by atoms with Crippen LogP contribution in [0, 0.1) is 18.7 Å². The Morgan fingerprint density at radius 2 is 1.70 bits per heavy atom. The van der Waals surface area contributed by atoms with Crippen LogP contribution in [0.1, 0.15) is 29.8 Å². The number of carbonyl (C=O) groups excluding carboxylic acids is 1. The summed E-state index contributed by atoms with van der Waals surface area (Å²) in [5.41, 5.74) is 0.895. The van der Waals surface area contributed by atoms with Gasteiger partial charge in [0.2, 0.25) is 10.0 Å². The van der Waals surface area contributed by atoms with Crippen LogP contribution < -0.4 is 0 Å². The molecule has 33 heavy (non-hydrogen) atoms. The van der Waals surface area contributed by atoms with Crippen molar-refractivity contribution < 1.29 is 27.4 Å². The van der Waals surface area contributed by atoms with Crippen molar-refractivity contribution in [1.82, 2.24) is 9.21 Å². The molecule has 0 aliphatic carbocycles. The number of likely N-dealkylation sites (N-methyl/N-ethyl adjacent to an activating group) is 1. The molecular formula is C24H33FN2O5S. The normalized spacial score (nSPS) is 14.7. The number of nitrogens with zero attached hydrogens (tertiary/aromatic N) is 2. The summed E-state index contributed by atoms with van der Waals surface area (Å²) >= 11 is 0. The van der Waals surface area contributed by atoms with E-state index in [0.29, 0.717) is 0 Å². The molecule has 2 rings (SSSR count). The molecular weight excluding hydrogens is 447 g/mol. The highest BCUT2D eigenvalue weighted by Gasteiger charge is 2.33. The second-order valence-corrected chi connectivity index (χ2v) is 10.2. The lowest BCUT2D eigenvalue weighted by Gasteiger charge is -2.33. The van der Waals surface area contributed by atoms with Gasteiger partial charge >= 0.3 is 0 Å². The van der Waals surface area contributed by atoms with E-state index >= 15 is 0 Å². The second-order valence-electron chi connectivity index (χ2n) is 8.34. The Morgan fingerprint density at radius 3 is 2.24 bits per heavy atom. The second kappa shape index (κ2) is 11.7. The molecule has 2 aromatic carbocycles. The smallest absolute Gasteiger partial charge is 0.256 e. The zero-order chi connectivity index (χ0) is 24.8. The number of aliphatic hydroxyl groups excluding tert-OH is 1. The molecule has 2 aromatic rings. The van der Waals surface area contributed by atoms with E-state index in [1.807, 2.05) is 13.8 Å². The van der Waals surface area contributed by atoms with Crippen molar-refractivity contribution in [3.8, 4) is 0 Å². The molecule has 0 unspecified atom stereocenters. The van der Waals surface area contributed by atoms with Crippen LogP contribution in [0.5, 0.6) is 0 Å². The van der Waals surface area contributed by atoms with E-state index in [4.69, 9.17) is 4.74 Å². The van der Waals surface area contributed by atoms with E-state index in [-0.39, 0.29) is 36.1 Å². The molecule has 9 heteroatoms. The van der Waals surface area contributed by atoms with Crippen LogP contribution in [0.2, 0.25) is 0 Å². The van der Waals surface area contributed by atoms with Gasteiger partial charge in [0.25, 0.3) is 5.91 Å². The Morgan fingerprint density at radius 1 is 1.09 bits per heavy atom. The third-order valence-electron chi connectivity index (χ3n) is 5.69. The van der Waals surface area contributed by atoms with Gasteiger partial charge in [0.05, 0.1) is 23.2 Å². The van der Waals surface area contributed by atoms with Crippen LogP contribution >= 0.6 is 0 Å². The molecule has 0 heterocycles. The first-order chi connectivity index (χ1) is 15.5. The van der Waals surface area contributed by atoms with Crippen molar-refractivity contribution in [2.75, 3.05) is 33.9 Å². The lowest BCUT2D eigenvalue weighted by Crippen LogP contribution is -2.47. The molecule has 0 aliphatic heterocycles. The van der Waals surface area contributed by atoms with Crippen LogP contribution in [-0.4, -0.2) is 74.6 Å². The van der Waals surface area contributed by atoms with Crippen LogP contribution in [-0.2, 0) is 14.8 Å². The fraction of sp³-hybridized carbons (Fsp3) is 0.458. The Balaban J connectivity index is 2.21. The van der Waals surface area contributed by atoms with Crippen molar-refractivity contribution >= 4 is 15.9 Å². The van der Waals surface area contributed by atoms with Crippen LogP contribution in [0.25, 0.3) is 0 Å². The van der Waals surface area contributed by atoms with E-state index in [9.17, 15) is 22.7 Å². The number of hydrogen-bond acceptors (Lipinski definition) is 5. The number of methoxy groups -OCH3 is 1. The Labute approximate surface area is 195 Å². The molecule has 182 valence electrons. The first-order valence-electron chi connectivity index (χ1n) is 10.7. The SMILES string of the molecule is CO[C@@H](CN(C)C(=O)c1ccccc1F)[C@H](C)CN([C@H](C)CO)S(=O)(=O)c1ccc(C)cc1. The predicted octanol–water partition coefficient (Wildman–Crippen LogP) is 2.93. The summed E-state index contributed by atoms with van der Waals surface area (Å²) in [4.78, 5) is 14.2. The zero-order valence-corrected chi connectivity index (χ0v) is 20.5. The van der Waals surface area contributed by atoms with Crippen LogP contribution in [0.4, 0.5) is 4.39 Å². The maximum absolute atomic E-state index is 14.0. The molecule has 0 bridgehead atoms. The van der Waals surface area contributed by atoms with E-state index in [1.54, 1.807) is 44.3 Å². The fourth-order valence-electron chi connectivity index (χ4n) is 3.53. The van der Waals surface area contributed by atoms with Gasteiger partial charge in [0.1, 0.15) is 5.82 Å². The molecule has 0 aromatic heterocycles. The average molecular weight is 481 g/mol. The van der Waals surface area contributed by atoms with E-state index < -0.39 is 33.9 Å². The predicted molar refractivity (Wildman–Crippen MR) is 125 cm³/mol. The maximum Gasteiger partial charge on any atom is 0.256 e. The summed E-state index contributed by atoms with van der Waals surface area (Å²) in [7, 11) is -0.842. The van der Waals surface area contributed by atoms with Gasteiger partial charge < -0.3 is 14.7 Å². The zero-order valence-electron chi connectivity index (χ0n) is 19.7. The number of aliphatic hydroxyl groups is 1. The maximum atomic E-state index is 14.0. The quantitative estimate of drug-likeness (QED) is 0.534. The summed E-state index contributed by atoms with van der Waals surface area (Å²) in [6.07, 6.45) is -0.521. The number of sulfonamides is 1. The van der Waals surface area contributed by atoms with Crippen molar-refractivity contribution in [1.29, 1.82) is 0 Å². The highest BCUT2D eigenvalue weighted by molar-refractivity contribution is 7.89. The fourth-order valence-corrected chi connectivity index (χ4v) is 5.26. The lowest BCUT2D eigenvalue weighted by molar-refractivity contribution is 0.0220. The molecule has 7 nitrogen and oxygen atoms in total. The standard InChI is InChI=1S/C24H33FN2O5S/c1-17-10-12-20(13-11-17)33(30,31)27(19(3)16-28)14-18(2)23(32-5)15-26(4)24(29)21-8-6-7-9-22(21)25/h6-13,18-19,23,28H,14-16H2,1-5H3/t18-,19-,23+/m1/s1. The van der Waals surface area contributed by atoms with Gasteiger partial charge in [-0.2, -0.15) is 4.31 Å². The van der Waals surface area contributed by atoms with Crippen molar-refractivity contribution in [2.24, 2.45) is 5.92 Å². The Bertz CT molecular complexity index is 1030.